The zero-order chi connectivity index (χ0) is 16.6. The van der Waals surface area contributed by atoms with E-state index in [-0.39, 0.29) is 0 Å². The summed E-state index contributed by atoms with van der Waals surface area (Å²) >= 11 is 0. The van der Waals surface area contributed by atoms with Crippen molar-refractivity contribution in [2.75, 3.05) is 0 Å². The molecule has 24 heavy (non-hydrogen) atoms. The predicted molar refractivity (Wildman–Crippen MR) is 106 cm³/mol. The number of benzene rings is 2. The molecular formula is C23H29N. The Hall–Kier alpha value is -1.89. The number of rotatable bonds is 9. The van der Waals surface area contributed by atoms with Crippen LogP contribution in [0.3, 0.4) is 0 Å². The van der Waals surface area contributed by atoms with E-state index in [0.29, 0.717) is 0 Å². The van der Waals surface area contributed by atoms with Gasteiger partial charge in [0.15, 0.2) is 0 Å². The summed E-state index contributed by atoms with van der Waals surface area (Å²) in [5.74, 6) is 0. The summed E-state index contributed by atoms with van der Waals surface area (Å²) in [6.45, 7) is 2.28. The molecule has 1 aromatic heterocycles. The van der Waals surface area contributed by atoms with Crippen molar-refractivity contribution < 1.29 is 0 Å². The minimum Gasteiger partial charge on any atom is -0.252 e. The number of pyridine rings is 1. The lowest BCUT2D eigenvalue weighted by molar-refractivity contribution is 0.574. The van der Waals surface area contributed by atoms with Crippen LogP contribution in [0.2, 0.25) is 0 Å². The quantitative estimate of drug-likeness (QED) is 0.303. The Labute approximate surface area is 146 Å². The molecule has 0 aliphatic carbocycles. The molecule has 1 heteroatoms. The van der Waals surface area contributed by atoms with Gasteiger partial charge in [0.25, 0.3) is 0 Å². The predicted octanol–water partition coefficient (Wildman–Crippen LogP) is 7.07. The number of hydrogen-bond donors (Lipinski definition) is 0. The van der Waals surface area contributed by atoms with Gasteiger partial charge >= 0.3 is 0 Å². The van der Waals surface area contributed by atoms with Crippen molar-refractivity contribution in [1.29, 1.82) is 0 Å². The second kappa shape index (κ2) is 8.82. The first kappa shape index (κ1) is 17.0. The lowest BCUT2D eigenvalue weighted by Crippen LogP contribution is -1.94. The topological polar surface area (TPSA) is 12.9 Å². The third kappa shape index (κ3) is 4.14. The molecule has 0 spiro atoms. The number of fused-ring (bicyclic) bond motifs is 3. The van der Waals surface area contributed by atoms with E-state index in [9.17, 15) is 0 Å². The first-order valence-corrected chi connectivity index (χ1v) is 9.66. The highest BCUT2D eigenvalue weighted by Crippen LogP contribution is 2.27. The van der Waals surface area contributed by atoms with Crippen molar-refractivity contribution in [3.05, 3.63) is 54.2 Å². The first-order valence-electron chi connectivity index (χ1n) is 9.66. The van der Waals surface area contributed by atoms with Crippen molar-refractivity contribution in [3.63, 3.8) is 0 Å². The fourth-order valence-electron chi connectivity index (χ4n) is 3.59. The summed E-state index contributed by atoms with van der Waals surface area (Å²) in [5.41, 5.74) is 2.40. The van der Waals surface area contributed by atoms with Gasteiger partial charge in [-0.25, -0.2) is 0 Å². The highest BCUT2D eigenvalue weighted by Gasteiger charge is 2.07. The number of unbranched alkanes of at least 4 members (excludes halogenated alkanes) is 7. The molecule has 1 heterocycles. The van der Waals surface area contributed by atoms with Gasteiger partial charge in [0.05, 0.1) is 5.52 Å². The van der Waals surface area contributed by atoms with Crippen molar-refractivity contribution >= 4 is 21.7 Å². The smallest absolute Gasteiger partial charge is 0.0711 e. The van der Waals surface area contributed by atoms with Gasteiger partial charge < -0.3 is 0 Å². The lowest BCUT2D eigenvalue weighted by Gasteiger charge is -2.09. The molecule has 0 N–H and O–H groups in total. The zero-order valence-electron chi connectivity index (χ0n) is 14.9. The van der Waals surface area contributed by atoms with Gasteiger partial charge in [0.1, 0.15) is 0 Å². The highest BCUT2D eigenvalue weighted by atomic mass is 14.7. The van der Waals surface area contributed by atoms with Crippen molar-refractivity contribution in [1.82, 2.24) is 4.98 Å². The van der Waals surface area contributed by atoms with Crippen LogP contribution >= 0.6 is 0 Å². The summed E-state index contributed by atoms with van der Waals surface area (Å²) in [7, 11) is 0. The molecule has 0 unspecified atom stereocenters. The number of aromatic nitrogens is 1. The van der Waals surface area contributed by atoms with Gasteiger partial charge in [-0.1, -0.05) is 94.3 Å². The van der Waals surface area contributed by atoms with E-state index in [0.717, 1.165) is 11.9 Å². The molecule has 3 rings (SSSR count). The maximum absolute atomic E-state index is 4.96. The number of para-hydroxylation sites is 1. The summed E-state index contributed by atoms with van der Waals surface area (Å²) in [6.07, 6.45) is 12.0. The molecule has 0 atom stereocenters. The minimum atomic E-state index is 1.10. The monoisotopic (exact) mass is 319 g/mol. The summed E-state index contributed by atoms with van der Waals surface area (Å²) in [6, 6.07) is 17.2. The SMILES string of the molecule is CCCCCCCCCCc1nc2ccccc2c2ccccc12. The highest BCUT2D eigenvalue weighted by molar-refractivity contribution is 6.06. The Morgan fingerprint density at radius 2 is 1.21 bits per heavy atom. The van der Waals surface area contributed by atoms with Crippen LogP contribution in [-0.2, 0) is 6.42 Å². The molecular weight excluding hydrogens is 290 g/mol. The van der Waals surface area contributed by atoms with Gasteiger partial charge in [-0.15, -0.1) is 0 Å². The molecule has 0 saturated heterocycles. The fraction of sp³-hybridized carbons (Fsp3) is 0.435. The van der Waals surface area contributed by atoms with Gasteiger partial charge in [0.2, 0.25) is 0 Å². The summed E-state index contributed by atoms with van der Waals surface area (Å²) in [5, 5.41) is 3.95. The Balaban J connectivity index is 1.64. The van der Waals surface area contributed by atoms with Crippen molar-refractivity contribution in [2.45, 2.75) is 64.7 Å². The average molecular weight is 319 g/mol. The molecule has 2 aromatic carbocycles. The lowest BCUT2D eigenvalue weighted by atomic mass is 10.0. The standard InChI is InChI=1S/C23H29N/c1-2-3-4-5-6-7-8-9-17-22-20-15-11-10-14-19(20)21-16-12-13-18-23(21)24-22/h10-16,18H,2-9,17H2,1H3. The molecule has 126 valence electrons. The van der Waals surface area contributed by atoms with E-state index in [1.165, 1.54) is 73.2 Å². The zero-order valence-corrected chi connectivity index (χ0v) is 14.9. The first-order chi connectivity index (χ1) is 11.9. The van der Waals surface area contributed by atoms with Crippen LogP contribution in [0.1, 0.15) is 64.0 Å². The van der Waals surface area contributed by atoms with Crippen LogP contribution in [0.15, 0.2) is 48.5 Å². The van der Waals surface area contributed by atoms with E-state index >= 15 is 0 Å². The average Bonchev–Trinajstić information content (AvgIpc) is 2.64. The molecule has 3 aromatic rings. The third-order valence-electron chi connectivity index (χ3n) is 4.95. The Kier molecular flexibility index (Phi) is 6.23. The molecule has 0 saturated carbocycles. The number of aryl methyl sites for hydroxylation is 1. The largest absolute Gasteiger partial charge is 0.252 e. The van der Waals surface area contributed by atoms with Crippen LogP contribution in [0.4, 0.5) is 0 Å². The van der Waals surface area contributed by atoms with E-state index < -0.39 is 0 Å². The Bertz CT molecular complexity index is 775. The summed E-state index contributed by atoms with van der Waals surface area (Å²) < 4.78 is 0. The Morgan fingerprint density at radius 1 is 0.625 bits per heavy atom. The molecule has 0 radical (unpaired) electrons. The van der Waals surface area contributed by atoms with E-state index in [1.54, 1.807) is 0 Å². The molecule has 0 aliphatic rings. The maximum Gasteiger partial charge on any atom is 0.0711 e. The third-order valence-corrected chi connectivity index (χ3v) is 4.95. The minimum absolute atomic E-state index is 1.10. The van der Waals surface area contributed by atoms with Crippen LogP contribution in [0.5, 0.6) is 0 Å². The van der Waals surface area contributed by atoms with Crippen LogP contribution in [-0.4, -0.2) is 4.98 Å². The number of hydrogen-bond acceptors (Lipinski definition) is 1. The van der Waals surface area contributed by atoms with Crippen LogP contribution < -0.4 is 0 Å². The van der Waals surface area contributed by atoms with Crippen LogP contribution in [0.25, 0.3) is 21.7 Å². The van der Waals surface area contributed by atoms with Crippen molar-refractivity contribution in [2.24, 2.45) is 0 Å². The van der Waals surface area contributed by atoms with E-state index in [2.05, 4.69) is 55.5 Å². The molecule has 0 amide bonds. The van der Waals surface area contributed by atoms with Gasteiger partial charge in [-0.05, 0) is 24.3 Å². The van der Waals surface area contributed by atoms with Gasteiger partial charge in [-0.3, -0.25) is 4.98 Å². The van der Waals surface area contributed by atoms with Crippen molar-refractivity contribution in [3.8, 4) is 0 Å². The second-order valence-corrected chi connectivity index (χ2v) is 6.85. The van der Waals surface area contributed by atoms with Crippen LogP contribution in [0, 0.1) is 0 Å². The fourth-order valence-corrected chi connectivity index (χ4v) is 3.59. The Morgan fingerprint density at radius 3 is 1.96 bits per heavy atom. The van der Waals surface area contributed by atoms with Gasteiger partial charge in [-0.2, -0.15) is 0 Å². The normalized spacial score (nSPS) is 11.4. The molecule has 0 aliphatic heterocycles. The van der Waals surface area contributed by atoms with E-state index in [4.69, 9.17) is 4.98 Å². The number of nitrogens with zero attached hydrogens (tertiary/aromatic N) is 1. The molecule has 0 bridgehead atoms. The maximum atomic E-state index is 4.96. The second-order valence-electron chi connectivity index (χ2n) is 6.85. The molecule has 1 nitrogen and oxygen atoms in total. The van der Waals surface area contributed by atoms with E-state index in [1.807, 2.05) is 0 Å². The van der Waals surface area contributed by atoms with Gasteiger partial charge in [0, 0.05) is 16.5 Å². The summed E-state index contributed by atoms with van der Waals surface area (Å²) in [4.78, 5) is 4.96. The molecule has 0 fully saturated rings.